The van der Waals surface area contributed by atoms with Crippen molar-refractivity contribution in [2.24, 2.45) is 0 Å². The Labute approximate surface area is 105 Å². The zero-order chi connectivity index (χ0) is 13.0. The molecule has 2 rings (SSSR count). The Balaban J connectivity index is 2.25. The van der Waals surface area contributed by atoms with Gasteiger partial charge in [-0.3, -0.25) is 0 Å². The van der Waals surface area contributed by atoms with Crippen LogP contribution >= 0.6 is 0 Å². The summed E-state index contributed by atoms with van der Waals surface area (Å²) < 4.78 is 18.8. The van der Waals surface area contributed by atoms with Gasteiger partial charge < -0.3 is 9.84 Å². The molecule has 2 aromatic rings. The lowest BCUT2D eigenvalue weighted by Gasteiger charge is -2.10. The molecule has 1 unspecified atom stereocenters. The number of rotatable bonds is 4. The number of ether oxygens (including phenoxy) is 1. The molecule has 0 saturated carbocycles. The molecule has 0 aliphatic heterocycles. The lowest BCUT2D eigenvalue weighted by atomic mass is 10.1. The van der Waals surface area contributed by atoms with Crippen molar-refractivity contribution in [1.29, 1.82) is 0 Å². The topological polar surface area (TPSA) is 29.5 Å². The van der Waals surface area contributed by atoms with Gasteiger partial charge in [-0.1, -0.05) is 30.3 Å². The molecule has 92 valence electrons. The molecule has 0 heterocycles. The maximum atomic E-state index is 13.4. The van der Waals surface area contributed by atoms with Gasteiger partial charge in [-0.05, 0) is 29.8 Å². The van der Waals surface area contributed by atoms with Crippen molar-refractivity contribution in [3.63, 3.8) is 0 Å². The third kappa shape index (κ3) is 2.76. The normalized spacial score (nSPS) is 11.9. The number of hydrogen-bond acceptors (Lipinski definition) is 2. The van der Waals surface area contributed by atoms with E-state index in [9.17, 15) is 9.50 Å². The smallest absolute Gasteiger partial charge is 0.165 e. The molecule has 1 atom stereocenters. The van der Waals surface area contributed by atoms with Crippen LogP contribution in [0.5, 0.6) is 11.5 Å². The Morgan fingerprint density at radius 3 is 2.67 bits per heavy atom. The molecule has 1 N–H and O–H groups in total. The Bertz CT molecular complexity index is 552. The van der Waals surface area contributed by atoms with Gasteiger partial charge in [0.25, 0.3) is 0 Å². The Morgan fingerprint density at radius 2 is 1.94 bits per heavy atom. The van der Waals surface area contributed by atoms with Crippen molar-refractivity contribution >= 4 is 0 Å². The van der Waals surface area contributed by atoms with E-state index in [1.807, 2.05) is 0 Å². The second kappa shape index (κ2) is 5.47. The first kappa shape index (κ1) is 12.3. The summed E-state index contributed by atoms with van der Waals surface area (Å²) in [6, 6.07) is 13.0. The number of para-hydroxylation sites is 1. The summed E-state index contributed by atoms with van der Waals surface area (Å²) in [6.45, 7) is 3.51. The van der Waals surface area contributed by atoms with Crippen LogP contribution in [0.1, 0.15) is 11.7 Å². The van der Waals surface area contributed by atoms with Crippen molar-refractivity contribution in [2.75, 3.05) is 0 Å². The first-order valence-electron chi connectivity index (χ1n) is 5.53. The van der Waals surface area contributed by atoms with Crippen LogP contribution in [0.2, 0.25) is 0 Å². The average Bonchev–Trinajstić information content (AvgIpc) is 2.41. The molecule has 0 radical (unpaired) electrons. The van der Waals surface area contributed by atoms with Crippen molar-refractivity contribution < 1.29 is 14.2 Å². The molecule has 0 fully saturated rings. The van der Waals surface area contributed by atoms with E-state index >= 15 is 0 Å². The van der Waals surface area contributed by atoms with E-state index in [1.54, 1.807) is 42.5 Å². The highest BCUT2D eigenvalue weighted by Crippen LogP contribution is 2.26. The fourth-order valence-electron chi connectivity index (χ4n) is 1.55. The minimum atomic E-state index is -0.755. The highest BCUT2D eigenvalue weighted by atomic mass is 19.1. The lowest BCUT2D eigenvalue weighted by molar-refractivity contribution is 0.228. The minimum Gasteiger partial charge on any atom is -0.454 e. The fourth-order valence-corrected chi connectivity index (χ4v) is 1.55. The number of aliphatic hydroxyl groups is 1. The van der Waals surface area contributed by atoms with Gasteiger partial charge in [0.15, 0.2) is 11.6 Å². The van der Waals surface area contributed by atoms with E-state index in [1.165, 1.54) is 12.1 Å². The minimum absolute atomic E-state index is 0.155. The van der Waals surface area contributed by atoms with E-state index in [4.69, 9.17) is 4.74 Å². The lowest BCUT2D eigenvalue weighted by Crippen LogP contribution is -1.94. The van der Waals surface area contributed by atoms with Crippen molar-refractivity contribution in [3.05, 3.63) is 72.6 Å². The molecule has 0 bridgehead atoms. The first-order chi connectivity index (χ1) is 8.70. The average molecular weight is 244 g/mol. The molecule has 18 heavy (non-hydrogen) atoms. The summed E-state index contributed by atoms with van der Waals surface area (Å²) in [7, 11) is 0. The summed E-state index contributed by atoms with van der Waals surface area (Å²) in [4.78, 5) is 0. The molecule has 0 aliphatic carbocycles. The Kier molecular flexibility index (Phi) is 3.75. The van der Waals surface area contributed by atoms with Crippen molar-refractivity contribution in [3.8, 4) is 11.5 Å². The summed E-state index contributed by atoms with van der Waals surface area (Å²) in [5.74, 6) is 0.202. The zero-order valence-electron chi connectivity index (χ0n) is 9.71. The SMILES string of the molecule is C=CC(O)c1cccc(Oc2ccccc2F)c1. The quantitative estimate of drug-likeness (QED) is 0.828. The summed E-state index contributed by atoms with van der Waals surface area (Å²) >= 11 is 0. The molecule has 0 saturated heterocycles. The number of benzene rings is 2. The third-order valence-corrected chi connectivity index (χ3v) is 2.49. The van der Waals surface area contributed by atoms with E-state index in [-0.39, 0.29) is 5.75 Å². The van der Waals surface area contributed by atoms with Gasteiger partial charge in [0, 0.05) is 0 Å². The molecular weight excluding hydrogens is 231 g/mol. The predicted octanol–water partition coefficient (Wildman–Crippen LogP) is 3.84. The number of aliphatic hydroxyl groups excluding tert-OH is 1. The van der Waals surface area contributed by atoms with Crippen LogP contribution < -0.4 is 4.74 Å². The first-order valence-corrected chi connectivity index (χ1v) is 5.53. The van der Waals surface area contributed by atoms with Crippen LogP contribution in [0.3, 0.4) is 0 Å². The van der Waals surface area contributed by atoms with Gasteiger partial charge in [-0.25, -0.2) is 4.39 Å². The van der Waals surface area contributed by atoms with Crippen molar-refractivity contribution in [2.45, 2.75) is 6.10 Å². The molecule has 0 spiro atoms. The van der Waals surface area contributed by atoms with E-state index in [2.05, 4.69) is 6.58 Å². The predicted molar refractivity (Wildman–Crippen MR) is 68.1 cm³/mol. The molecular formula is C15H13FO2. The summed E-state index contributed by atoms with van der Waals surface area (Å²) in [5, 5.41) is 9.63. The maximum Gasteiger partial charge on any atom is 0.165 e. The van der Waals surface area contributed by atoms with Gasteiger partial charge in [0.2, 0.25) is 0 Å². The highest BCUT2D eigenvalue weighted by molar-refractivity contribution is 5.36. The zero-order valence-corrected chi connectivity index (χ0v) is 9.71. The number of halogens is 1. The fraction of sp³-hybridized carbons (Fsp3) is 0.0667. The largest absolute Gasteiger partial charge is 0.454 e. The molecule has 3 heteroatoms. The van der Waals surface area contributed by atoms with Crippen LogP contribution in [-0.2, 0) is 0 Å². The van der Waals surface area contributed by atoms with E-state index in [0.717, 1.165) is 0 Å². The second-order valence-electron chi connectivity index (χ2n) is 3.79. The molecule has 2 nitrogen and oxygen atoms in total. The van der Waals surface area contributed by atoms with Gasteiger partial charge in [0.1, 0.15) is 5.75 Å². The van der Waals surface area contributed by atoms with Gasteiger partial charge >= 0.3 is 0 Å². The standard InChI is InChI=1S/C15H13FO2/c1-2-14(17)11-6-5-7-12(10-11)18-15-9-4-3-8-13(15)16/h2-10,14,17H,1H2. The van der Waals surface area contributed by atoms with Crippen molar-refractivity contribution in [1.82, 2.24) is 0 Å². The van der Waals surface area contributed by atoms with Crippen LogP contribution in [-0.4, -0.2) is 5.11 Å². The summed E-state index contributed by atoms with van der Waals surface area (Å²) in [5.41, 5.74) is 0.652. The Morgan fingerprint density at radius 1 is 1.17 bits per heavy atom. The Hall–Kier alpha value is -2.13. The molecule has 0 aromatic heterocycles. The molecule has 0 aliphatic rings. The van der Waals surface area contributed by atoms with Crippen LogP contribution in [0.15, 0.2) is 61.2 Å². The van der Waals surface area contributed by atoms with Gasteiger partial charge in [-0.2, -0.15) is 0 Å². The monoisotopic (exact) mass is 244 g/mol. The van der Waals surface area contributed by atoms with E-state index < -0.39 is 11.9 Å². The van der Waals surface area contributed by atoms with Crippen LogP contribution in [0.25, 0.3) is 0 Å². The summed E-state index contributed by atoms with van der Waals surface area (Å²) in [6.07, 6.45) is 0.663. The number of hydrogen-bond donors (Lipinski definition) is 1. The van der Waals surface area contributed by atoms with Crippen LogP contribution in [0, 0.1) is 5.82 Å². The molecule has 0 amide bonds. The van der Waals surface area contributed by atoms with Gasteiger partial charge in [0.05, 0.1) is 6.10 Å². The van der Waals surface area contributed by atoms with Gasteiger partial charge in [-0.15, -0.1) is 6.58 Å². The van der Waals surface area contributed by atoms with Crippen LogP contribution in [0.4, 0.5) is 4.39 Å². The molecule has 2 aromatic carbocycles. The van der Waals surface area contributed by atoms with E-state index in [0.29, 0.717) is 11.3 Å². The second-order valence-corrected chi connectivity index (χ2v) is 3.79. The third-order valence-electron chi connectivity index (χ3n) is 2.49. The maximum absolute atomic E-state index is 13.4. The highest BCUT2D eigenvalue weighted by Gasteiger charge is 2.06.